The van der Waals surface area contributed by atoms with Gasteiger partial charge in [-0.1, -0.05) is 0 Å². The van der Waals surface area contributed by atoms with Crippen molar-refractivity contribution in [3.63, 3.8) is 0 Å². The zero-order valence-electron chi connectivity index (χ0n) is 56.7. The maximum atomic E-state index is 19.3. The predicted molar refractivity (Wildman–Crippen MR) is 382 cm³/mol. The van der Waals surface area contributed by atoms with Gasteiger partial charge >= 0.3 is 589 Å². The first-order valence-corrected chi connectivity index (χ1v) is 43.1. The van der Waals surface area contributed by atoms with E-state index in [-0.39, 0.29) is 44.1 Å². The summed E-state index contributed by atoms with van der Waals surface area (Å²) in [5, 5.41) is 0. The molecule has 9 aromatic carbocycles. The van der Waals surface area contributed by atoms with Crippen LogP contribution in [0.2, 0.25) is 0 Å². The zero-order valence-corrected chi connectivity index (χ0v) is 61.7. The quantitative estimate of drug-likeness (QED) is 0.0304. The second-order valence-corrected chi connectivity index (χ2v) is 39.3. The van der Waals surface area contributed by atoms with Crippen molar-refractivity contribution in [2.45, 2.75) is 220 Å². The van der Waals surface area contributed by atoms with Gasteiger partial charge in [0.05, 0.1) is 0 Å². The number of benzene rings is 9. The topological polar surface area (TPSA) is 44.8 Å². The second-order valence-electron chi connectivity index (χ2n) is 24.9. The predicted octanol–water partition coefficient (Wildman–Crippen LogP) is 26.7. The third-order valence-corrected chi connectivity index (χ3v) is 37.6. The first-order valence-electron chi connectivity index (χ1n) is 34.3. The van der Waals surface area contributed by atoms with Crippen LogP contribution in [0.5, 0.6) is 0 Å². The maximum absolute atomic E-state index is 19.3. The van der Waals surface area contributed by atoms with Crippen molar-refractivity contribution in [2.75, 3.05) is 0 Å². The number of hydrogen-bond donors (Lipinski definition) is 0. The average molecular weight is 1520 g/mol. The van der Waals surface area contributed by atoms with Gasteiger partial charge in [-0.25, -0.2) is 0 Å². The van der Waals surface area contributed by atoms with Gasteiger partial charge in [0.25, 0.3) is 0 Å². The summed E-state index contributed by atoms with van der Waals surface area (Å²) in [6, 6.07) is 57.3. The monoisotopic (exact) mass is 1510 g/mol. The van der Waals surface area contributed by atoms with Crippen molar-refractivity contribution in [1.82, 2.24) is 0 Å². The van der Waals surface area contributed by atoms with E-state index < -0.39 is 86.2 Å². The van der Waals surface area contributed by atoms with E-state index >= 15 is 42.5 Å². The standard InChI is InChI=1S/3C27H31F3OS.O.Sb/c3*1-3-5-8-21-12-16-24(17-13-21)32(31,25-18-14-22(15-19-25)9-6-4-2)26-11-7-10-23(20-26)27(28,29)30;;/h3*7,10-20,31H,3-6,8-9H2,1-2H3;;/q;;;;+3/p-3. The van der Waals surface area contributed by atoms with Gasteiger partial charge in [-0.05, 0) is 0 Å². The number of hydrogen-bond acceptors (Lipinski definition) is 4. The molecule has 0 atom stereocenters. The van der Waals surface area contributed by atoms with E-state index in [4.69, 9.17) is 7.38 Å². The molecule has 0 unspecified atom stereocenters. The Morgan fingerprint density at radius 3 is 0.592 bits per heavy atom. The molecule has 0 aliphatic carbocycles. The molecule has 9 aromatic rings. The van der Waals surface area contributed by atoms with Crippen LogP contribution in [0.4, 0.5) is 39.5 Å². The Labute approximate surface area is 584 Å². The van der Waals surface area contributed by atoms with Crippen LogP contribution in [-0.2, 0) is 67.5 Å². The number of unbranched alkanes of at least 4 members (excludes halogenated alkanes) is 6. The van der Waals surface area contributed by atoms with Gasteiger partial charge in [-0.3, -0.25) is 0 Å². The molecule has 0 fully saturated rings. The van der Waals surface area contributed by atoms with E-state index in [0.29, 0.717) is 38.5 Å². The molecule has 9 rings (SSSR count). The molecule has 0 amide bonds. The molecule has 0 aromatic heterocycles. The molecule has 0 spiro atoms. The van der Waals surface area contributed by atoms with Gasteiger partial charge in [0.15, 0.2) is 0 Å². The summed E-state index contributed by atoms with van der Waals surface area (Å²) in [5.41, 5.74) is 2.16. The zero-order chi connectivity index (χ0) is 70.2. The fourth-order valence-electron chi connectivity index (χ4n) is 12.0. The Bertz CT molecular complexity index is 3460. The molecular weight excluding hydrogens is 1430 g/mol. The van der Waals surface area contributed by atoms with Crippen molar-refractivity contribution in [3.05, 3.63) is 268 Å². The van der Waals surface area contributed by atoms with Crippen molar-refractivity contribution >= 4 is 51.0 Å². The van der Waals surface area contributed by atoms with Gasteiger partial charge < -0.3 is 0 Å². The van der Waals surface area contributed by atoms with Crippen LogP contribution in [0.3, 0.4) is 0 Å². The SMILES string of the molecule is CCCCc1ccc(S([O][Sb](=[O])([O]S(c2ccc(CCCC)cc2)(c2ccc(CCCC)cc2)c2cccc(C(F)(F)F)c2)[O]S(c2ccc(CCCC)cc2)(c2ccc(CCCC)cc2)c2cccc(C(F)(F)F)c2)(c2ccc(CCCC)cc2)c2cccc(C(F)(F)F)c2)cc1. The third-order valence-electron chi connectivity index (χ3n) is 17.5. The van der Waals surface area contributed by atoms with Crippen LogP contribution in [-0.4, -0.2) is 20.1 Å². The molecule has 17 heteroatoms. The van der Waals surface area contributed by atoms with Crippen LogP contribution in [0.25, 0.3) is 0 Å². The first-order chi connectivity index (χ1) is 47.0. The summed E-state index contributed by atoms with van der Waals surface area (Å²) in [7, 11) is -12.1. The van der Waals surface area contributed by atoms with Crippen LogP contribution in [0, 0.1) is 0 Å². The van der Waals surface area contributed by atoms with Crippen LogP contribution in [0.1, 0.15) is 169 Å². The number of halogens is 9. The molecule has 0 saturated carbocycles. The first kappa shape index (κ1) is 76.1. The van der Waals surface area contributed by atoms with Gasteiger partial charge in [-0.2, -0.15) is 0 Å². The van der Waals surface area contributed by atoms with Gasteiger partial charge in [0, 0.05) is 0 Å². The molecule has 4 nitrogen and oxygen atoms in total. The molecular formula is C81H90F9O4S3Sb. The number of alkyl halides is 9. The van der Waals surface area contributed by atoms with E-state index in [1.54, 1.807) is 72.8 Å². The fraction of sp³-hybridized carbons (Fsp3) is 0.333. The number of aryl methyl sites for hydroxylation is 6. The van der Waals surface area contributed by atoms with Crippen LogP contribution < -0.4 is 0 Å². The van der Waals surface area contributed by atoms with Gasteiger partial charge in [-0.15, -0.1) is 0 Å². The van der Waals surface area contributed by atoms with Gasteiger partial charge in [0.1, 0.15) is 0 Å². The van der Waals surface area contributed by atoms with Crippen molar-refractivity contribution in [2.24, 2.45) is 0 Å². The summed E-state index contributed by atoms with van der Waals surface area (Å²) in [6.45, 7) is 12.3. The molecule has 0 radical (unpaired) electrons. The van der Waals surface area contributed by atoms with E-state index in [0.717, 1.165) is 147 Å². The molecule has 0 aliphatic rings. The minimum atomic E-state index is -7.85. The summed E-state index contributed by atoms with van der Waals surface area (Å²) < 4.78 is 185. The normalized spacial score (nSPS) is 13.2. The fourth-order valence-corrected chi connectivity index (χ4v) is 36.7. The average Bonchev–Trinajstić information content (AvgIpc) is 0.714. The molecule has 98 heavy (non-hydrogen) atoms. The molecule has 524 valence electrons. The number of rotatable bonds is 33. The second kappa shape index (κ2) is 34.0. The molecule has 0 heterocycles. The minimum absolute atomic E-state index is 0.0863. The summed E-state index contributed by atoms with van der Waals surface area (Å²) in [6.07, 6.45) is -1.01. The third kappa shape index (κ3) is 18.1. The molecule has 0 saturated heterocycles. The van der Waals surface area contributed by atoms with Crippen LogP contribution in [0.15, 0.2) is 262 Å². The van der Waals surface area contributed by atoms with E-state index in [1.807, 2.05) is 72.8 Å². The van der Waals surface area contributed by atoms with E-state index in [1.165, 1.54) is 36.4 Å². The van der Waals surface area contributed by atoms with Crippen molar-refractivity contribution in [3.8, 4) is 0 Å². The van der Waals surface area contributed by atoms with E-state index in [2.05, 4.69) is 41.5 Å². The summed E-state index contributed by atoms with van der Waals surface area (Å²) in [4.78, 5) is 1.33. The van der Waals surface area contributed by atoms with Crippen molar-refractivity contribution < 1.29 is 49.9 Å². The summed E-state index contributed by atoms with van der Waals surface area (Å²) in [5.74, 6) is 0. The molecule has 0 N–H and O–H groups in total. The Hall–Kier alpha value is -6.10. The Balaban J connectivity index is 1.53. The Morgan fingerprint density at radius 2 is 0.439 bits per heavy atom. The van der Waals surface area contributed by atoms with E-state index in [9.17, 15) is 0 Å². The van der Waals surface area contributed by atoms with Crippen molar-refractivity contribution in [1.29, 1.82) is 0 Å². The Kier molecular flexibility index (Phi) is 26.4. The molecule has 0 aliphatic heterocycles. The van der Waals surface area contributed by atoms with Gasteiger partial charge in [0.2, 0.25) is 0 Å². The van der Waals surface area contributed by atoms with Crippen LogP contribution >= 0.6 is 30.9 Å². The summed E-state index contributed by atoms with van der Waals surface area (Å²) >= 11 is -7.85. The molecule has 0 bridgehead atoms. The Morgan fingerprint density at radius 1 is 0.265 bits per heavy atom.